The topological polar surface area (TPSA) is 27.1 Å². The first-order chi connectivity index (χ1) is 9.78. The molecule has 20 heavy (non-hydrogen) atoms. The average Bonchev–Trinajstić information content (AvgIpc) is 2.82. The summed E-state index contributed by atoms with van der Waals surface area (Å²) in [4.78, 5) is 0. The summed E-state index contributed by atoms with van der Waals surface area (Å²) in [7, 11) is 1.94. The van der Waals surface area contributed by atoms with Crippen molar-refractivity contribution in [3.63, 3.8) is 0 Å². The van der Waals surface area contributed by atoms with Crippen LogP contribution in [0.2, 0.25) is 0 Å². The molecular weight excluding hydrogens is 272 g/mol. The van der Waals surface area contributed by atoms with Crippen LogP contribution in [-0.2, 0) is 19.5 Å². The van der Waals surface area contributed by atoms with Crippen LogP contribution in [0.25, 0.3) is 10.9 Å². The molecule has 0 aliphatic carbocycles. The number of hydrogen-bond donors (Lipinski definition) is 0. The van der Waals surface area contributed by atoms with Gasteiger partial charge < -0.3 is 4.74 Å². The van der Waals surface area contributed by atoms with E-state index in [9.17, 15) is 0 Å². The first-order valence-corrected chi connectivity index (χ1v) is 6.99. The molecule has 1 aromatic heterocycles. The second-order valence-electron chi connectivity index (χ2n) is 4.66. The molecular formula is C16H15ClN2O. The van der Waals surface area contributed by atoms with E-state index in [0.717, 1.165) is 27.9 Å². The number of hydrogen-bond acceptors (Lipinski definition) is 2. The van der Waals surface area contributed by atoms with Gasteiger partial charge in [-0.2, -0.15) is 5.10 Å². The van der Waals surface area contributed by atoms with E-state index < -0.39 is 0 Å². The van der Waals surface area contributed by atoms with Crippen molar-refractivity contribution in [1.29, 1.82) is 0 Å². The first kappa shape index (κ1) is 13.0. The number of rotatable bonds is 4. The highest BCUT2D eigenvalue weighted by Crippen LogP contribution is 2.20. The summed E-state index contributed by atoms with van der Waals surface area (Å²) in [6.45, 7) is 0.451. The largest absolute Gasteiger partial charge is 0.487 e. The van der Waals surface area contributed by atoms with Crippen LogP contribution in [0.3, 0.4) is 0 Å². The van der Waals surface area contributed by atoms with E-state index >= 15 is 0 Å². The number of para-hydroxylation sites is 1. The predicted molar refractivity (Wildman–Crippen MR) is 81.0 cm³/mol. The molecule has 0 fully saturated rings. The molecule has 0 saturated heterocycles. The molecule has 4 heteroatoms. The Hall–Kier alpha value is -2.00. The zero-order valence-corrected chi connectivity index (χ0v) is 12.0. The predicted octanol–water partition coefficient (Wildman–Crippen LogP) is 3.89. The van der Waals surface area contributed by atoms with Gasteiger partial charge >= 0.3 is 0 Å². The number of aromatic nitrogens is 2. The highest BCUT2D eigenvalue weighted by molar-refractivity contribution is 6.17. The van der Waals surface area contributed by atoms with Crippen LogP contribution in [0, 0.1) is 0 Å². The Bertz CT molecular complexity index is 736. The molecule has 0 radical (unpaired) electrons. The number of aryl methyl sites for hydroxylation is 1. The number of ether oxygens (including phenoxy) is 1. The van der Waals surface area contributed by atoms with Crippen LogP contribution in [0.1, 0.15) is 11.3 Å². The van der Waals surface area contributed by atoms with Crippen molar-refractivity contribution in [3.8, 4) is 5.75 Å². The number of alkyl halides is 1. The van der Waals surface area contributed by atoms with Crippen LogP contribution in [0.15, 0.2) is 48.5 Å². The minimum atomic E-state index is 0.451. The Morgan fingerprint density at radius 2 is 2.00 bits per heavy atom. The van der Waals surface area contributed by atoms with Crippen molar-refractivity contribution >= 4 is 22.5 Å². The minimum absolute atomic E-state index is 0.451. The Balaban J connectivity index is 1.83. The summed E-state index contributed by atoms with van der Waals surface area (Å²) in [6.07, 6.45) is 0. The molecule has 0 bridgehead atoms. The maximum atomic E-state index is 5.83. The van der Waals surface area contributed by atoms with Gasteiger partial charge in [-0.05, 0) is 23.8 Å². The lowest BCUT2D eigenvalue weighted by atomic mass is 10.2. The van der Waals surface area contributed by atoms with E-state index in [4.69, 9.17) is 16.3 Å². The molecule has 2 aromatic carbocycles. The first-order valence-electron chi connectivity index (χ1n) is 6.46. The third-order valence-corrected chi connectivity index (χ3v) is 3.57. The molecule has 0 amide bonds. The fourth-order valence-corrected chi connectivity index (χ4v) is 2.43. The molecule has 0 saturated carbocycles. The van der Waals surface area contributed by atoms with E-state index in [2.05, 4.69) is 17.2 Å². The van der Waals surface area contributed by atoms with Crippen LogP contribution in [0.4, 0.5) is 0 Å². The van der Waals surface area contributed by atoms with E-state index in [1.165, 1.54) is 0 Å². The maximum Gasteiger partial charge on any atom is 0.133 e. The van der Waals surface area contributed by atoms with Gasteiger partial charge in [0.1, 0.15) is 18.1 Å². The smallest absolute Gasteiger partial charge is 0.133 e. The van der Waals surface area contributed by atoms with Gasteiger partial charge in [0.05, 0.1) is 5.52 Å². The summed E-state index contributed by atoms with van der Waals surface area (Å²) in [5.74, 6) is 1.31. The normalized spacial score (nSPS) is 10.9. The van der Waals surface area contributed by atoms with E-state index in [-0.39, 0.29) is 0 Å². The summed E-state index contributed by atoms with van der Waals surface area (Å²) < 4.78 is 7.70. The molecule has 0 N–H and O–H groups in total. The van der Waals surface area contributed by atoms with Crippen molar-refractivity contribution in [3.05, 3.63) is 59.8 Å². The summed E-state index contributed by atoms with van der Waals surface area (Å²) in [6, 6.07) is 16.0. The van der Waals surface area contributed by atoms with Gasteiger partial charge in [-0.25, -0.2) is 0 Å². The summed E-state index contributed by atoms with van der Waals surface area (Å²) >= 11 is 5.83. The Morgan fingerprint density at radius 1 is 1.15 bits per heavy atom. The molecule has 1 heterocycles. The fraction of sp³-hybridized carbons (Fsp3) is 0.188. The van der Waals surface area contributed by atoms with Gasteiger partial charge in [0.15, 0.2) is 0 Å². The van der Waals surface area contributed by atoms with Crippen LogP contribution >= 0.6 is 11.6 Å². The molecule has 3 aromatic rings. The summed E-state index contributed by atoms with van der Waals surface area (Å²) in [5.41, 5.74) is 3.11. The molecule has 0 aliphatic rings. The second-order valence-corrected chi connectivity index (χ2v) is 4.92. The average molecular weight is 287 g/mol. The Kier molecular flexibility index (Phi) is 3.61. The number of halogens is 1. The van der Waals surface area contributed by atoms with Gasteiger partial charge in [0.2, 0.25) is 0 Å². The van der Waals surface area contributed by atoms with Crippen molar-refractivity contribution in [1.82, 2.24) is 9.78 Å². The minimum Gasteiger partial charge on any atom is -0.487 e. The lowest BCUT2D eigenvalue weighted by molar-refractivity contribution is 0.301. The zero-order chi connectivity index (χ0) is 13.9. The van der Waals surface area contributed by atoms with Gasteiger partial charge in [-0.15, -0.1) is 11.6 Å². The van der Waals surface area contributed by atoms with Gasteiger partial charge in [0.25, 0.3) is 0 Å². The SMILES string of the molecule is Cn1nc(COc2cccc(CCl)c2)c2ccccc21. The third-order valence-electron chi connectivity index (χ3n) is 3.26. The quantitative estimate of drug-likeness (QED) is 0.680. The molecule has 102 valence electrons. The number of benzene rings is 2. The molecule has 3 nitrogen and oxygen atoms in total. The summed E-state index contributed by atoms with van der Waals surface area (Å²) in [5, 5.41) is 5.64. The Labute approximate surface area is 122 Å². The standard InChI is InChI=1S/C16H15ClN2O/c1-19-16-8-3-2-7-14(16)15(18-19)11-20-13-6-4-5-12(9-13)10-17/h2-9H,10-11H2,1H3. The van der Waals surface area contributed by atoms with Gasteiger partial charge in [-0.3, -0.25) is 4.68 Å². The highest BCUT2D eigenvalue weighted by atomic mass is 35.5. The van der Waals surface area contributed by atoms with Crippen LogP contribution < -0.4 is 4.74 Å². The van der Waals surface area contributed by atoms with Crippen molar-refractivity contribution in [2.45, 2.75) is 12.5 Å². The lowest BCUT2D eigenvalue weighted by Crippen LogP contribution is -1.98. The fourth-order valence-electron chi connectivity index (χ4n) is 2.27. The van der Waals surface area contributed by atoms with Crippen LogP contribution in [-0.4, -0.2) is 9.78 Å². The van der Waals surface area contributed by atoms with Crippen molar-refractivity contribution in [2.24, 2.45) is 7.05 Å². The van der Waals surface area contributed by atoms with E-state index in [1.54, 1.807) is 0 Å². The van der Waals surface area contributed by atoms with Gasteiger partial charge in [-0.1, -0.05) is 30.3 Å². The molecule has 0 spiro atoms. The zero-order valence-electron chi connectivity index (χ0n) is 11.2. The maximum absolute atomic E-state index is 5.83. The van der Waals surface area contributed by atoms with Gasteiger partial charge in [0, 0.05) is 18.3 Å². The number of nitrogens with zero attached hydrogens (tertiary/aromatic N) is 2. The molecule has 0 atom stereocenters. The van der Waals surface area contributed by atoms with E-state index in [1.807, 2.05) is 48.1 Å². The monoisotopic (exact) mass is 286 g/mol. The lowest BCUT2D eigenvalue weighted by Gasteiger charge is -2.05. The van der Waals surface area contributed by atoms with Crippen molar-refractivity contribution in [2.75, 3.05) is 0 Å². The molecule has 0 unspecified atom stereocenters. The second kappa shape index (κ2) is 5.55. The van der Waals surface area contributed by atoms with Crippen molar-refractivity contribution < 1.29 is 4.74 Å². The molecule has 3 rings (SSSR count). The Morgan fingerprint density at radius 3 is 2.85 bits per heavy atom. The number of fused-ring (bicyclic) bond motifs is 1. The van der Waals surface area contributed by atoms with Crippen LogP contribution in [0.5, 0.6) is 5.75 Å². The third kappa shape index (κ3) is 2.49. The van der Waals surface area contributed by atoms with E-state index in [0.29, 0.717) is 12.5 Å². The highest BCUT2D eigenvalue weighted by Gasteiger charge is 2.08. The molecule has 0 aliphatic heterocycles.